The van der Waals surface area contributed by atoms with Crippen molar-refractivity contribution in [2.45, 2.75) is 51.1 Å². The van der Waals surface area contributed by atoms with E-state index in [-0.39, 0.29) is 5.54 Å². The first kappa shape index (κ1) is 9.58. The van der Waals surface area contributed by atoms with Crippen LogP contribution in [-0.2, 0) is 5.54 Å². The fourth-order valence-electron chi connectivity index (χ4n) is 2.33. The molecule has 1 aliphatic rings. The molecule has 0 aromatic carbocycles. The van der Waals surface area contributed by atoms with Gasteiger partial charge in [-0.25, -0.2) is 0 Å². The second-order valence-electron chi connectivity index (χ2n) is 4.32. The van der Waals surface area contributed by atoms with Gasteiger partial charge in [-0.2, -0.15) is 5.21 Å². The van der Waals surface area contributed by atoms with Gasteiger partial charge in [-0.05, 0) is 26.7 Å². The topological polar surface area (TPSA) is 66.5 Å². The minimum atomic E-state index is -0.0266. The first-order chi connectivity index (χ1) is 6.73. The molecule has 0 unspecified atom stereocenters. The summed E-state index contributed by atoms with van der Waals surface area (Å²) in [7, 11) is 0. The number of nitrogens with zero attached hydrogens (tertiary/aromatic N) is 3. The summed E-state index contributed by atoms with van der Waals surface area (Å²) in [6.45, 7) is 4.31. The molecule has 1 aromatic heterocycles. The van der Waals surface area contributed by atoms with E-state index in [1.54, 1.807) is 0 Å². The highest BCUT2D eigenvalue weighted by Gasteiger charge is 2.39. The van der Waals surface area contributed by atoms with E-state index in [0.29, 0.717) is 6.04 Å². The second kappa shape index (κ2) is 3.65. The monoisotopic (exact) mass is 195 g/mol. The minimum Gasteiger partial charge on any atom is -0.302 e. The van der Waals surface area contributed by atoms with E-state index < -0.39 is 0 Å². The van der Waals surface area contributed by atoms with Crippen molar-refractivity contribution >= 4 is 0 Å². The quantitative estimate of drug-likeness (QED) is 0.754. The molecule has 78 valence electrons. The summed E-state index contributed by atoms with van der Waals surface area (Å²) < 4.78 is 0. The lowest BCUT2D eigenvalue weighted by Crippen LogP contribution is -2.44. The molecule has 0 atom stereocenters. The average molecular weight is 195 g/mol. The van der Waals surface area contributed by atoms with Crippen LogP contribution in [0.25, 0.3) is 0 Å². The molecule has 0 saturated heterocycles. The maximum absolute atomic E-state index is 4.11. The number of rotatable bonds is 3. The molecule has 5 nitrogen and oxygen atoms in total. The molecule has 0 amide bonds. The number of H-pyrrole nitrogens is 1. The molecule has 14 heavy (non-hydrogen) atoms. The summed E-state index contributed by atoms with van der Waals surface area (Å²) in [6, 6.07) is 0.451. The Morgan fingerprint density at radius 3 is 2.57 bits per heavy atom. The predicted octanol–water partition coefficient (Wildman–Crippen LogP) is 0.967. The summed E-state index contributed by atoms with van der Waals surface area (Å²) in [5, 5.41) is 18.0. The Labute approximate surface area is 83.7 Å². The summed E-state index contributed by atoms with van der Waals surface area (Å²) in [4.78, 5) is 0. The van der Waals surface area contributed by atoms with Gasteiger partial charge in [0.2, 0.25) is 0 Å². The van der Waals surface area contributed by atoms with Gasteiger partial charge in [0.15, 0.2) is 5.82 Å². The smallest absolute Gasteiger partial charge is 0.194 e. The van der Waals surface area contributed by atoms with Crippen LogP contribution in [0.3, 0.4) is 0 Å². The van der Waals surface area contributed by atoms with Gasteiger partial charge in [0.05, 0.1) is 5.54 Å². The van der Waals surface area contributed by atoms with E-state index >= 15 is 0 Å². The van der Waals surface area contributed by atoms with Gasteiger partial charge in [0, 0.05) is 6.04 Å². The van der Waals surface area contributed by atoms with Crippen LogP contribution in [0, 0.1) is 0 Å². The Hall–Kier alpha value is -0.970. The van der Waals surface area contributed by atoms with E-state index in [9.17, 15) is 0 Å². The van der Waals surface area contributed by atoms with Crippen LogP contribution in [0.2, 0.25) is 0 Å². The Balaban J connectivity index is 2.22. The van der Waals surface area contributed by atoms with Gasteiger partial charge in [-0.1, -0.05) is 18.1 Å². The fraction of sp³-hybridized carbons (Fsp3) is 0.889. The summed E-state index contributed by atoms with van der Waals surface area (Å²) >= 11 is 0. The van der Waals surface area contributed by atoms with Crippen molar-refractivity contribution in [3.8, 4) is 0 Å². The molecule has 1 saturated carbocycles. The molecule has 1 aliphatic carbocycles. The zero-order valence-electron chi connectivity index (χ0n) is 8.75. The Morgan fingerprint density at radius 1 is 1.36 bits per heavy atom. The third-order valence-corrected chi connectivity index (χ3v) is 2.80. The van der Waals surface area contributed by atoms with E-state index in [4.69, 9.17) is 0 Å². The molecular weight excluding hydrogens is 178 g/mol. The Bertz CT molecular complexity index is 273. The second-order valence-corrected chi connectivity index (χ2v) is 4.32. The molecule has 0 bridgehead atoms. The van der Waals surface area contributed by atoms with Gasteiger partial charge in [0.25, 0.3) is 0 Å². The first-order valence-electron chi connectivity index (χ1n) is 5.24. The normalized spacial score (nSPS) is 20.5. The van der Waals surface area contributed by atoms with Gasteiger partial charge >= 0.3 is 0 Å². The highest BCUT2D eigenvalue weighted by Crippen LogP contribution is 2.36. The van der Waals surface area contributed by atoms with Gasteiger partial charge in [0.1, 0.15) is 0 Å². The van der Waals surface area contributed by atoms with Crippen LogP contribution < -0.4 is 5.32 Å². The molecule has 0 aliphatic heterocycles. The summed E-state index contributed by atoms with van der Waals surface area (Å²) in [5.41, 5.74) is -0.0266. The molecule has 5 heteroatoms. The zero-order valence-corrected chi connectivity index (χ0v) is 8.75. The molecular formula is C9H17N5. The van der Waals surface area contributed by atoms with Crippen molar-refractivity contribution < 1.29 is 0 Å². The Kier molecular flexibility index (Phi) is 2.50. The van der Waals surface area contributed by atoms with E-state index in [0.717, 1.165) is 18.7 Å². The van der Waals surface area contributed by atoms with Crippen molar-refractivity contribution in [2.24, 2.45) is 0 Å². The van der Waals surface area contributed by atoms with E-state index in [1.165, 1.54) is 12.8 Å². The minimum absolute atomic E-state index is 0.0266. The third-order valence-electron chi connectivity index (χ3n) is 2.80. The van der Waals surface area contributed by atoms with Crippen molar-refractivity contribution in [2.75, 3.05) is 0 Å². The average Bonchev–Trinajstić information content (AvgIpc) is 2.69. The molecule has 1 aromatic rings. The largest absolute Gasteiger partial charge is 0.302 e. The lowest BCUT2D eigenvalue weighted by Gasteiger charge is -2.29. The number of nitrogens with one attached hydrogen (secondary N) is 2. The lowest BCUT2D eigenvalue weighted by atomic mass is 9.95. The summed E-state index contributed by atoms with van der Waals surface area (Å²) in [6.07, 6.45) is 4.72. The standard InChI is InChI=1S/C9H17N5/c1-7(2)10-9(5-3-4-6-9)8-11-13-14-12-8/h7,10H,3-6H2,1-2H3,(H,11,12,13,14). The van der Waals surface area contributed by atoms with Gasteiger partial charge < -0.3 is 5.32 Å². The number of tetrazole rings is 1. The highest BCUT2D eigenvalue weighted by atomic mass is 15.5. The number of aromatic nitrogens is 4. The number of hydrogen-bond donors (Lipinski definition) is 2. The van der Waals surface area contributed by atoms with Gasteiger partial charge in [-0.3, -0.25) is 0 Å². The number of aromatic amines is 1. The van der Waals surface area contributed by atoms with Crippen molar-refractivity contribution in [1.29, 1.82) is 0 Å². The van der Waals surface area contributed by atoms with E-state index in [1.807, 2.05) is 0 Å². The molecule has 1 fully saturated rings. The van der Waals surface area contributed by atoms with E-state index in [2.05, 4.69) is 39.8 Å². The fourth-order valence-corrected chi connectivity index (χ4v) is 2.33. The predicted molar refractivity (Wildman–Crippen MR) is 52.6 cm³/mol. The molecule has 2 N–H and O–H groups in total. The highest BCUT2D eigenvalue weighted by molar-refractivity contribution is 5.06. The van der Waals surface area contributed by atoms with Crippen LogP contribution >= 0.6 is 0 Å². The van der Waals surface area contributed by atoms with Crippen LogP contribution in [0.5, 0.6) is 0 Å². The SMILES string of the molecule is CC(C)NC1(c2nn[nH]n2)CCCC1. The molecule has 1 heterocycles. The van der Waals surface area contributed by atoms with Crippen molar-refractivity contribution in [3.63, 3.8) is 0 Å². The lowest BCUT2D eigenvalue weighted by molar-refractivity contribution is 0.295. The van der Waals surface area contributed by atoms with Crippen LogP contribution in [0.4, 0.5) is 0 Å². The van der Waals surface area contributed by atoms with Crippen molar-refractivity contribution in [3.05, 3.63) is 5.82 Å². The zero-order chi connectivity index (χ0) is 10.0. The molecule has 2 rings (SSSR count). The third kappa shape index (κ3) is 1.64. The molecule has 0 spiro atoms. The molecule has 0 radical (unpaired) electrons. The Morgan fingerprint density at radius 2 is 2.07 bits per heavy atom. The maximum atomic E-state index is 4.11. The van der Waals surface area contributed by atoms with Crippen LogP contribution in [0.1, 0.15) is 45.4 Å². The maximum Gasteiger partial charge on any atom is 0.194 e. The first-order valence-corrected chi connectivity index (χ1v) is 5.24. The summed E-state index contributed by atoms with van der Waals surface area (Å²) in [5.74, 6) is 0.823. The van der Waals surface area contributed by atoms with Crippen LogP contribution in [0.15, 0.2) is 0 Å². The van der Waals surface area contributed by atoms with Crippen molar-refractivity contribution in [1.82, 2.24) is 25.9 Å². The number of hydrogen-bond acceptors (Lipinski definition) is 4. The van der Waals surface area contributed by atoms with Gasteiger partial charge in [-0.15, -0.1) is 10.2 Å². The van der Waals surface area contributed by atoms with Crippen LogP contribution in [-0.4, -0.2) is 26.7 Å².